The molecule has 0 unspecified atom stereocenters. The lowest BCUT2D eigenvalue weighted by molar-refractivity contribution is -0.146. The van der Waals surface area contributed by atoms with Crippen molar-refractivity contribution in [1.29, 1.82) is 0 Å². The number of carbonyl (C=O) groups excluding carboxylic acids is 3. The van der Waals surface area contributed by atoms with Gasteiger partial charge in [0.15, 0.2) is 5.60 Å². The molecule has 1 spiro atoms. The maximum Gasteiger partial charge on any atom is 0.264 e. The van der Waals surface area contributed by atoms with Crippen LogP contribution in [0.2, 0.25) is 18.6 Å². The van der Waals surface area contributed by atoms with Gasteiger partial charge in [-0.3, -0.25) is 19.1 Å². The molecule has 1 saturated heterocycles. The van der Waals surface area contributed by atoms with Gasteiger partial charge in [-0.25, -0.2) is 0 Å². The first-order chi connectivity index (χ1) is 26.2. The number of aliphatic hydroxyl groups is 3. The predicted molar refractivity (Wildman–Crippen MR) is 210 cm³/mol. The van der Waals surface area contributed by atoms with Gasteiger partial charge in [-0.1, -0.05) is 54.7 Å². The Morgan fingerprint density at radius 3 is 2.31 bits per heavy atom. The van der Waals surface area contributed by atoms with Gasteiger partial charge in [-0.2, -0.15) is 0 Å². The highest BCUT2D eigenvalue weighted by atomic mass is 28.3. The Morgan fingerprint density at radius 2 is 1.67 bits per heavy atom. The number of nitrogens with zero attached hydrogens (tertiary/aromatic N) is 4. The molecule has 1 fully saturated rings. The fourth-order valence-electron chi connectivity index (χ4n) is 8.18. The van der Waals surface area contributed by atoms with Crippen LogP contribution in [0.3, 0.4) is 0 Å². The second-order valence-electron chi connectivity index (χ2n) is 15.0. The molecule has 3 amide bonds. The summed E-state index contributed by atoms with van der Waals surface area (Å²) in [6.45, 7) is 10.0. The summed E-state index contributed by atoms with van der Waals surface area (Å²) >= 11 is 0. The Labute approximate surface area is 321 Å². The summed E-state index contributed by atoms with van der Waals surface area (Å²) in [6, 6.07) is 20.5. The number of hydrogen-bond acceptors (Lipinski definition) is 10. The van der Waals surface area contributed by atoms with E-state index in [0.717, 1.165) is 11.3 Å². The van der Waals surface area contributed by atoms with Gasteiger partial charge < -0.3 is 40.3 Å². The molecule has 3 aromatic carbocycles. The fraction of sp³-hybridized carbons (Fsp3) is 0.425. The second-order valence-corrected chi connectivity index (χ2v) is 19.7. The van der Waals surface area contributed by atoms with E-state index < -0.39 is 43.8 Å². The summed E-state index contributed by atoms with van der Waals surface area (Å²) in [6.07, 6.45) is -0.0988. The number of benzene rings is 3. The Kier molecular flexibility index (Phi) is 11.6. The van der Waals surface area contributed by atoms with Crippen molar-refractivity contribution in [3.8, 4) is 5.75 Å². The van der Waals surface area contributed by atoms with Crippen molar-refractivity contribution in [2.24, 2.45) is 5.92 Å². The lowest BCUT2D eigenvalue weighted by atomic mass is 9.82. The number of carbonyl (C=O) groups is 3. The molecule has 6 rings (SSSR count). The van der Waals surface area contributed by atoms with Gasteiger partial charge in [0.05, 0.1) is 39.2 Å². The summed E-state index contributed by atoms with van der Waals surface area (Å²) in [5.41, 5.74) is 2.05. The van der Waals surface area contributed by atoms with Gasteiger partial charge in [0.25, 0.3) is 17.7 Å². The van der Waals surface area contributed by atoms with Crippen LogP contribution in [-0.2, 0) is 44.2 Å². The molecule has 55 heavy (non-hydrogen) atoms. The van der Waals surface area contributed by atoms with Crippen molar-refractivity contribution in [2.75, 3.05) is 29.3 Å². The average Bonchev–Trinajstić information content (AvgIpc) is 3.80. The van der Waals surface area contributed by atoms with Crippen molar-refractivity contribution in [3.63, 3.8) is 0 Å². The monoisotopic (exact) mass is 770 g/mol. The Morgan fingerprint density at radius 1 is 1.00 bits per heavy atom. The van der Waals surface area contributed by atoms with Crippen LogP contribution in [0.15, 0.2) is 72.9 Å². The normalized spacial score (nSPS) is 21.7. The van der Waals surface area contributed by atoms with Crippen LogP contribution in [-0.4, -0.2) is 88.1 Å². The highest BCUT2D eigenvalue weighted by molar-refractivity contribution is 6.91. The van der Waals surface area contributed by atoms with Gasteiger partial charge in [0, 0.05) is 48.6 Å². The number of fused-ring (bicyclic) bond motifs is 2. The van der Waals surface area contributed by atoms with E-state index in [1.807, 2.05) is 24.4 Å². The molecule has 0 radical (unpaired) electrons. The number of nitrogens with one attached hydrogen (secondary N) is 2. The number of methoxy groups -OCH3 is 1. The molecule has 3 heterocycles. The Bertz CT molecular complexity index is 2040. The number of aromatic nitrogens is 3. The number of aliphatic hydroxyl groups excluding tert-OH is 3. The number of amides is 3. The summed E-state index contributed by atoms with van der Waals surface area (Å²) in [4.78, 5) is 41.9. The van der Waals surface area contributed by atoms with Crippen LogP contribution in [0.5, 0.6) is 5.75 Å². The zero-order valence-corrected chi connectivity index (χ0v) is 33.0. The molecule has 6 atom stereocenters. The van der Waals surface area contributed by atoms with E-state index in [9.17, 15) is 24.9 Å². The maximum absolute atomic E-state index is 15.3. The van der Waals surface area contributed by atoms with Crippen molar-refractivity contribution < 1.29 is 39.2 Å². The SMILES string of the molecule is COc1ccc([Si](C)(C)[C@H]2[C@H](CCn3cc(CCO)nn3)O[C@@]3(C(=O)N(Cc4cccc(NC(=O)[C@H](C)O)c4)c4ccc(NC(=O)[C@H](C)O)cc43)[C@@H]2C)cc1. The lowest BCUT2D eigenvalue weighted by Crippen LogP contribution is -2.51. The van der Waals surface area contributed by atoms with Gasteiger partial charge in [-0.05, 0) is 73.8 Å². The number of hydrogen-bond donors (Lipinski definition) is 5. The topological polar surface area (TPSA) is 188 Å². The van der Waals surface area contributed by atoms with E-state index in [-0.39, 0.29) is 30.5 Å². The zero-order valence-electron chi connectivity index (χ0n) is 32.0. The van der Waals surface area contributed by atoms with Crippen molar-refractivity contribution in [1.82, 2.24) is 15.0 Å². The predicted octanol–water partition coefficient (Wildman–Crippen LogP) is 3.31. The summed E-state index contributed by atoms with van der Waals surface area (Å²) < 4.78 is 14.5. The van der Waals surface area contributed by atoms with Crippen molar-refractivity contribution in [2.45, 2.75) is 89.3 Å². The number of ether oxygens (including phenoxy) is 2. The van der Waals surface area contributed by atoms with Crippen LogP contribution in [0, 0.1) is 5.92 Å². The fourth-order valence-corrected chi connectivity index (χ4v) is 12.2. The largest absolute Gasteiger partial charge is 0.497 e. The molecule has 0 aliphatic carbocycles. The molecule has 0 bridgehead atoms. The molecule has 292 valence electrons. The van der Waals surface area contributed by atoms with E-state index >= 15 is 4.79 Å². The average molecular weight is 771 g/mol. The van der Waals surface area contributed by atoms with Crippen LogP contribution >= 0.6 is 0 Å². The number of anilines is 3. The second kappa shape index (κ2) is 16.0. The van der Waals surface area contributed by atoms with Gasteiger partial charge in [0.1, 0.15) is 18.0 Å². The van der Waals surface area contributed by atoms with E-state index in [1.165, 1.54) is 19.0 Å². The van der Waals surface area contributed by atoms with E-state index in [1.54, 1.807) is 53.1 Å². The third kappa shape index (κ3) is 7.80. The highest BCUT2D eigenvalue weighted by Crippen LogP contribution is 2.60. The maximum atomic E-state index is 15.3. The van der Waals surface area contributed by atoms with Crippen LogP contribution in [0.4, 0.5) is 17.1 Å². The minimum absolute atomic E-state index is 0.0351. The Hall–Kier alpha value is -4.93. The first kappa shape index (κ1) is 39.8. The molecule has 14 nitrogen and oxygen atoms in total. The van der Waals surface area contributed by atoms with Gasteiger partial charge in [-0.15, -0.1) is 5.10 Å². The van der Waals surface area contributed by atoms with E-state index in [4.69, 9.17) is 9.47 Å². The quantitative estimate of drug-likeness (QED) is 0.119. The molecule has 2 aliphatic heterocycles. The smallest absolute Gasteiger partial charge is 0.264 e. The third-order valence-electron chi connectivity index (χ3n) is 11.0. The van der Waals surface area contributed by atoms with E-state index in [2.05, 4.69) is 53.1 Å². The first-order valence-corrected chi connectivity index (χ1v) is 21.6. The standard InChI is InChI=1S/C40H50N6O8Si/c1-24-36(55(5,6)32-13-11-31(53-4)12-14-32)35(16-18-45-23-30(17-19-47)43-44-45)54-40(24)33-21-29(42-38(51)26(3)49)10-15-34(33)46(39(40)52)22-27-8-7-9-28(20-27)41-37(50)25(2)48/h7-15,20-21,23-26,35-36,47-49H,16-19,22H2,1-6H3,(H,41,50)(H,42,51)/t24-,25+,26+,35+,36-,40+/m1/s1. The Balaban J connectivity index is 1.44. The van der Waals surface area contributed by atoms with Gasteiger partial charge in [0.2, 0.25) is 0 Å². The molecule has 4 aromatic rings. The lowest BCUT2D eigenvalue weighted by Gasteiger charge is -2.37. The number of aryl methyl sites for hydroxylation is 1. The van der Waals surface area contributed by atoms with Crippen LogP contribution < -0.4 is 25.5 Å². The third-order valence-corrected chi connectivity index (χ3v) is 15.4. The summed E-state index contributed by atoms with van der Waals surface area (Å²) in [5.74, 6) is -0.958. The molecule has 15 heteroatoms. The minimum atomic E-state index is -2.47. The minimum Gasteiger partial charge on any atom is -0.497 e. The molecular formula is C40H50N6O8Si. The first-order valence-electron chi connectivity index (χ1n) is 18.5. The highest BCUT2D eigenvalue weighted by Gasteiger charge is 2.66. The molecular weight excluding hydrogens is 721 g/mol. The van der Waals surface area contributed by atoms with E-state index in [0.29, 0.717) is 47.7 Å². The summed E-state index contributed by atoms with van der Waals surface area (Å²) in [5, 5.41) is 44.3. The molecule has 0 saturated carbocycles. The van der Waals surface area contributed by atoms with Crippen molar-refractivity contribution in [3.05, 3.63) is 89.7 Å². The molecule has 2 aliphatic rings. The van der Waals surface area contributed by atoms with Crippen molar-refractivity contribution >= 4 is 48.0 Å². The van der Waals surface area contributed by atoms with Gasteiger partial charge >= 0.3 is 0 Å². The number of rotatable bonds is 14. The van der Waals surface area contributed by atoms with Crippen LogP contribution in [0.1, 0.15) is 44.0 Å². The van der Waals surface area contributed by atoms with Crippen LogP contribution in [0.25, 0.3) is 0 Å². The molecule has 1 aromatic heterocycles. The molecule has 5 N–H and O–H groups in total. The zero-order chi connectivity index (χ0) is 39.7. The summed E-state index contributed by atoms with van der Waals surface area (Å²) in [7, 11) is -0.841.